The van der Waals surface area contributed by atoms with Crippen LogP contribution >= 0.6 is 11.8 Å². The average Bonchev–Trinajstić information content (AvgIpc) is 3.75. The molecule has 44 heavy (non-hydrogen) atoms. The summed E-state index contributed by atoms with van der Waals surface area (Å²) in [5, 5.41) is 17.3. The van der Waals surface area contributed by atoms with Crippen molar-refractivity contribution in [3.8, 4) is 22.5 Å². The third kappa shape index (κ3) is 6.15. The van der Waals surface area contributed by atoms with Gasteiger partial charge in [-0.3, -0.25) is 9.59 Å². The Bertz CT molecular complexity index is 1740. The van der Waals surface area contributed by atoms with Gasteiger partial charge in [-0.05, 0) is 56.8 Å². The number of furan rings is 1. The highest BCUT2D eigenvalue weighted by atomic mass is 32.2. The smallest absolute Gasteiger partial charge is 0.250 e. The van der Waals surface area contributed by atoms with Gasteiger partial charge in [0.15, 0.2) is 5.82 Å². The Hall–Kier alpha value is -4.74. The van der Waals surface area contributed by atoms with Crippen molar-refractivity contribution in [2.24, 2.45) is 11.1 Å². The molecule has 0 bridgehead atoms. The first-order valence-corrected chi connectivity index (χ1v) is 15.3. The van der Waals surface area contributed by atoms with Gasteiger partial charge in [-0.1, -0.05) is 74.5 Å². The maximum absolute atomic E-state index is 14.1. The Morgan fingerprint density at radius 3 is 2.55 bits per heavy atom. The van der Waals surface area contributed by atoms with Crippen LogP contribution in [0.25, 0.3) is 22.5 Å². The lowest BCUT2D eigenvalue weighted by Gasteiger charge is -2.32. The molecule has 11 heteroatoms. The molecule has 10 nitrogen and oxygen atoms in total. The molecule has 2 aromatic heterocycles. The summed E-state index contributed by atoms with van der Waals surface area (Å²) < 4.78 is 5.48. The maximum Gasteiger partial charge on any atom is 0.250 e. The quantitative estimate of drug-likeness (QED) is 0.216. The van der Waals surface area contributed by atoms with Crippen molar-refractivity contribution >= 4 is 29.3 Å². The Balaban J connectivity index is 1.22. The molecule has 2 atom stereocenters. The third-order valence-corrected chi connectivity index (χ3v) is 9.07. The number of rotatable bonds is 9. The molecule has 3 aromatic carbocycles. The molecule has 4 N–H and O–H groups in total. The van der Waals surface area contributed by atoms with E-state index < -0.39 is 17.5 Å². The van der Waals surface area contributed by atoms with Crippen LogP contribution in [0.15, 0.2) is 101 Å². The van der Waals surface area contributed by atoms with Gasteiger partial charge >= 0.3 is 0 Å². The first-order valence-electron chi connectivity index (χ1n) is 14.3. The van der Waals surface area contributed by atoms with Crippen LogP contribution in [0.1, 0.15) is 25.2 Å². The third-order valence-electron chi connectivity index (χ3n) is 7.91. The molecule has 2 amide bonds. The van der Waals surface area contributed by atoms with E-state index in [4.69, 9.17) is 10.2 Å². The van der Waals surface area contributed by atoms with E-state index in [1.807, 2.05) is 98.8 Å². The molecule has 0 radical (unpaired) electrons. The second-order valence-electron chi connectivity index (χ2n) is 11.5. The Labute approximate surface area is 259 Å². The molecule has 3 heterocycles. The van der Waals surface area contributed by atoms with Crippen molar-refractivity contribution in [1.29, 1.82) is 0 Å². The van der Waals surface area contributed by atoms with Crippen LogP contribution in [0, 0.1) is 5.41 Å². The summed E-state index contributed by atoms with van der Waals surface area (Å²) in [6.45, 7) is 4.19. The summed E-state index contributed by atoms with van der Waals surface area (Å²) >= 11 is 1.55. The Morgan fingerprint density at radius 1 is 1.07 bits per heavy atom. The van der Waals surface area contributed by atoms with Crippen molar-refractivity contribution in [2.75, 3.05) is 10.7 Å². The second kappa shape index (κ2) is 12.5. The molecule has 0 spiro atoms. The number of nitrogens with zero attached hydrogens (tertiary/aromatic N) is 4. The van der Waals surface area contributed by atoms with E-state index >= 15 is 0 Å². The van der Waals surface area contributed by atoms with Gasteiger partial charge in [0.2, 0.25) is 5.91 Å². The molecule has 0 saturated heterocycles. The number of thioether (sulfide) groups is 1. The Kier molecular flexibility index (Phi) is 8.32. The summed E-state index contributed by atoms with van der Waals surface area (Å²) in [6, 6.07) is 25.9. The fourth-order valence-corrected chi connectivity index (χ4v) is 6.47. The number of tetrazole rings is 1. The van der Waals surface area contributed by atoms with Gasteiger partial charge in [-0.15, -0.1) is 16.9 Å². The van der Waals surface area contributed by atoms with Gasteiger partial charge in [-0.2, -0.15) is 0 Å². The highest BCUT2D eigenvalue weighted by Gasteiger charge is 2.37. The minimum atomic E-state index is -0.840. The minimum Gasteiger partial charge on any atom is -0.469 e. The first kappa shape index (κ1) is 29.3. The van der Waals surface area contributed by atoms with Crippen molar-refractivity contribution in [3.05, 3.63) is 103 Å². The number of H-pyrrole nitrogens is 1. The molecule has 5 aromatic rings. The van der Waals surface area contributed by atoms with Crippen molar-refractivity contribution in [2.45, 2.75) is 43.8 Å². The topological polar surface area (TPSA) is 143 Å². The normalized spacial score (nSPS) is 15.8. The SMILES string of the molecule is CC(C)(Cc1ccco1)C(N)C(=O)N[C@@H]1CSc2ccccc2N(Cc2ccc(-c3ccccc3-c3nnn[nH]3)cc2)C1=O. The molecule has 0 aliphatic carbocycles. The highest BCUT2D eigenvalue weighted by molar-refractivity contribution is 7.99. The van der Waals surface area contributed by atoms with E-state index in [1.165, 1.54) is 0 Å². The summed E-state index contributed by atoms with van der Waals surface area (Å²) in [4.78, 5) is 30.2. The molecule has 1 unspecified atom stereocenters. The van der Waals surface area contributed by atoms with Gasteiger partial charge < -0.3 is 20.4 Å². The molecule has 1 aliphatic rings. The molecule has 0 saturated carbocycles. The van der Waals surface area contributed by atoms with Gasteiger partial charge in [0.05, 0.1) is 24.5 Å². The summed E-state index contributed by atoms with van der Waals surface area (Å²) in [6.07, 6.45) is 2.10. The number of hydrogen-bond acceptors (Lipinski definition) is 8. The lowest BCUT2D eigenvalue weighted by molar-refractivity contribution is -0.129. The lowest BCUT2D eigenvalue weighted by atomic mass is 9.80. The molecule has 1 aliphatic heterocycles. The predicted octanol–water partition coefficient (Wildman–Crippen LogP) is 4.85. The minimum absolute atomic E-state index is 0.181. The number of aromatic amines is 1. The summed E-state index contributed by atoms with van der Waals surface area (Å²) in [7, 11) is 0. The van der Waals surface area contributed by atoms with E-state index in [0.717, 1.165) is 38.6 Å². The van der Waals surface area contributed by atoms with Crippen LogP contribution < -0.4 is 16.0 Å². The summed E-state index contributed by atoms with van der Waals surface area (Å²) in [5.41, 5.74) is 10.5. The monoisotopic (exact) mass is 607 g/mol. The van der Waals surface area contributed by atoms with Crippen LogP contribution in [-0.2, 0) is 22.6 Å². The van der Waals surface area contributed by atoms with Crippen molar-refractivity contribution in [3.63, 3.8) is 0 Å². The van der Waals surface area contributed by atoms with Crippen LogP contribution in [0.5, 0.6) is 0 Å². The number of anilines is 1. The van der Waals surface area contributed by atoms with Crippen LogP contribution in [-0.4, -0.2) is 50.3 Å². The van der Waals surface area contributed by atoms with Crippen molar-refractivity contribution < 1.29 is 14.0 Å². The standard InChI is InChI=1S/C33H33N7O3S/c1-33(2,18-23-8-7-17-43-23)29(34)31(41)35-26-20-44-28-12-6-5-11-27(28)40(32(26)42)19-21-13-15-22(16-14-21)24-9-3-4-10-25(24)30-36-38-39-37-30/h3-17,26,29H,18-20,34H2,1-2H3,(H,35,41)(H,36,37,38,39)/t26-,29?/m1/s1. The van der Waals surface area contributed by atoms with Crippen LogP contribution in [0.3, 0.4) is 0 Å². The molecular weight excluding hydrogens is 574 g/mol. The number of nitrogens with one attached hydrogen (secondary N) is 2. The predicted molar refractivity (Wildman–Crippen MR) is 170 cm³/mol. The van der Waals surface area contributed by atoms with E-state index in [9.17, 15) is 9.59 Å². The van der Waals surface area contributed by atoms with Gasteiger partial charge in [-0.25, -0.2) is 5.10 Å². The average molecular weight is 608 g/mol. The highest BCUT2D eigenvalue weighted by Crippen LogP contribution is 2.36. The molecule has 224 valence electrons. The number of aromatic nitrogens is 4. The molecule has 0 fully saturated rings. The van der Waals surface area contributed by atoms with E-state index in [0.29, 0.717) is 24.5 Å². The van der Waals surface area contributed by atoms with E-state index in [1.54, 1.807) is 22.9 Å². The maximum atomic E-state index is 14.1. The number of carbonyl (C=O) groups is 2. The number of nitrogens with two attached hydrogens (primary N) is 1. The summed E-state index contributed by atoms with van der Waals surface area (Å²) in [5.74, 6) is 1.20. The largest absolute Gasteiger partial charge is 0.469 e. The zero-order valence-electron chi connectivity index (χ0n) is 24.4. The number of hydrogen-bond donors (Lipinski definition) is 3. The van der Waals surface area contributed by atoms with Crippen molar-refractivity contribution in [1.82, 2.24) is 25.9 Å². The molecular formula is C33H33N7O3S. The number of para-hydroxylation sites is 1. The fraction of sp³-hybridized carbons (Fsp3) is 0.242. The number of carbonyl (C=O) groups excluding carboxylic acids is 2. The second-order valence-corrected chi connectivity index (χ2v) is 12.5. The van der Waals surface area contributed by atoms with Gasteiger partial charge in [0.1, 0.15) is 11.8 Å². The molecule has 6 rings (SSSR count). The number of fused-ring (bicyclic) bond motifs is 1. The zero-order valence-corrected chi connectivity index (χ0v) is 25.3. The fourth-order valence-electron chi connectivity index (χ4n) is 5.40. The first-order chi connectivity index (χ1) is 21.3. The van der Waals surface area contributed by atoms with Crippen LogP contribution in [0.2, 0.25) is 0 Å². The number of benzene rings is 3. The number of amides is 2. The van der Waals surface area contributed by atoms with E-state index in [-0.39, 0.29) is 11.8 Å². The lowest BCUT2D eigenvalue weighted by Crippen LogP contribution is -2.57. The van der Waals surface area contributed by atoms with E-state index in [2.05, 4.69) is 25.9 Å². The van der Waals surface area contributed by atoms with Crippen LogP contribution in [0.4, 0.5) is 5.69 Å². The van der Waals surface area contributed by atoms with Gasteiger partial charge in [0, 0.05) is 22.6 Å². The zero-order chi connectivity index (χ0) is 30.7. The van der Waals surface area contributed by atoms with Gasteiger partial charge in [0.25, 0.3) is 5.91 Å². The Morgan fingerprint density at radius 2 is 1.82 bits per heavy atom.